The molecule has 82 valence electrons. The minimum atomic E-state index is -0.743. The van der Waals surface area contributed by atoms with Crippen LogP contribution in [0.25, 0.3) is 0 Å². The predicted octanol–water partition coefficient (Wildman–Crippen LogP) is 2.84. The number of nitrogens with zero attached hydrogens (tertiary/aromatic N) is 1. The van der Waals surface area contributed by atoms with E-state index in [4.69, 9.17) is 4.42 Å². The van der Waals surface area contributed by atoms with E-state index in [2.05, 4.69) is 0 Å². The van der Waals surface area contributed by atoms with Gasteiger partial charge in [-0.05, 0) is 12.1 Å². The summed E-state index contributed by atoms with van der Waals surface area (Å²) in [5.74, 6) is 0.630. The lowest BCUT2D eigenvalue weighted by atomic mass is 10.0. The molecule has 0 aliphatic rings. The van der Waals surface area contributed by atoms with E-state index in [-0.39, 0.29) is 11.3 Å². The lowest BCUT2D eigenvalue weighted by Gasteiger charge is -2.07. The van der Waals surface area contributed by atoms with Crippen LogP contribution < -0.4 is 0 Å². The fourth-order valence-electron chi connectivity index (χ4n) is 1.61. The summed E-state index contributed by atoms with van der Waals surface area (Å²) >= 11 is 0. The SMILES string of the molecule is O=[N+]([O-])C(Cc1ccco1)c1ccccc1. The monoisotopic (exact) mass is 217 g/mol. The number of benzene rings is 1. The highest BCUT2D eigenvalue weighted by Crippen LogP contribution is 2.21. The molecule has 0 aliphatic heterocycles. The first-order valence-corrected chi connectivity index (χ1v) is 4.98. The van der Waals surface area contributed by atoms with Gasteiger partial charge in [-0.1, -0.05) is 30.3 Å². The van der Waals surface area contributed by atoms with E-state index in [1.165, 1.54) is 6.26 Å². The van der Waals surface area contributed by atoms with E-state index in [9.17, 15) is 10.1 Å². The zero-order valence-corrected chi connectivity index (χ0v) is 8.58. The molecule has 1 aromatic carbocycles. The van der Waals surface area contributed by atoms with Gasteiger partial charge in [-0.15, -0.1) is 0 Å². The Morgan fingerprint density at radius 3 is 2.50 bits per heavy atom. The molecule has 1 atom stereocenters. The molecule has 2 aromatic rings. The molecule has 1 unspecified atom stereocenters. The molecule has 0 saturated heterocycles. The first-order valence-electron chi connectivity index (χ1n) is 4.98. The normalized spacial score (nSPS) is 12.2. The van der Waals surface area contributed by atoms with Gasteiger partial charge in [0.05, 0.1) is 12.7 Å². The number of furan rings is 1. The fraction of sp³-hybridized carbons (Fsp3) is 0.167. The average molecular weight is 217 g/mol. The van der Waals surface area contributed by atoms with Crippen molar-refractivity contribution in [1.82, 2.24) is 0 Å². The summed E-state index contributed by atoms with van der Waals surface area (Å²) in [6.45, 7) is 0. The largest absolute Gasteiger partial charge is 0.469 e. The van der Waals surface area contributed by atoms with Gasteiger partial charge in [-0.3, -0.25) is 10.1 Å². The molecular weight excluding hydrogens is 206 g/mol. The molecule has 1 heterocycles. The van der Waals surface area contributed by atoms with Crippen LogP contribution in [-0.4, -0.2) is 4.92 Å². The summed E-state index contributed by atoms with van der Waals surface area (Å²) in [5, 5.41) is 11.0. The van der Waals surface area contributed by atoms with Crippen LogP contribution in [0.5, 0.6) is 0 Å². The Morgan fingerprint density at radius 2 is 1.94 bits per heavy atom. The van der Waals surface area contributed by atoms with Crippen molar-refractivity contribution in [3.63, 3.8) is 0 Å². The van der Waals surface area contributed by atoms with E-state index in [0.29, 0.717) is 11.3 Å². The molecule has 16 heavy (non-hydrogen) atoms. The zero-order chi connectivity index (χ0) is 11.4. The Labute approximate surface area is 92.7 Å². The van der Waals surface area contributed by atoms with Crippen molar-refractivity contribution in [1.29, 1.82) is 0 Å². The summed E-state index contributed by atoms with van der Waals surface area (Å²) in [4.78, 5) is 10.7. The minimum absolute atomic E-state index is 0.280. The highest BCUT2D eigenvalue weighted by atomic mass is 16.6. The van der Waals surface area contributed by atoms with Gasteiger partial charge < -0.3 is 4.42 Å². The topological polar surface area (TPSA) is 56.3 Å². The van der Waals surface area contributed by atoms with Crippen LogP contribution in [0.2, 0.25) is 0 Å². The van der Waals surface area contributed by atoms with Crippen LogP contribution >= 0.6 is 0 Å². The highest BCUT2D eigenvalue weighted by molar-refractivity contribution is 5.19. The van der Waals surface area contributed by atoms with Crippen molar-refractivity contribution >= 4 is 0 Å². The second-order valence-corrected chi connectivity index (χ2v) is 3.50. The standard InChI is InChI=1S/C12H11NO3/c14-13(15)12(9-11-7-4-8-16-11)10-5-2-1-3-6-10/h1-8,12H,9H2. The molecule has 0 spiro atoms. The van der Waals surface area contributed by atoms with E-state index >= 15 is 0 Å². The predicted molar refractivity (Wildman–Crippen MR) is 58.6 cm³/mol. The Kier molecular flexibility index (Phi) is 3.00. The lowest BCUT2D eigenvalue weighted by Crippen LogP contribution is -2.12. The van der Waals surface area contributed by atoms with Gasteiger partial charge in [-0.2, -0.15) is 0 Å². The Hall–Kier alpha value is -2.10. The Balaban J connectivity index is 2.22. The van der Waals surface area contributed by atoms with E-state index in [1.54, 1.807) is 36.4 Å². The zero-order valence-electron chi connectivity index (χ0n) is 8.58. The van der Waals surface area contributed by atoms with Gasteiger partial charge >= 0.3 is 0 Å². The van der Waals surface area contributed by atoms with Crippen LogP contribution in [0.1, 0.15) is 17.4 Å². The van der Waals surface area contributed by atoms with Gasteiger partial charge in [0.25, 0.3) is 0 Å². The third kappa shape index (κ3) is 2.28. The first-order chi connectivity index (χ1) is 7.77. The van der Waals surface area contributed by atoms with Crippen LogP contribution in [0.4, 0.5) is 0 Å². The second kappa shape index (κ2) is 4.61. The van der Waals surface area contributed by atoms with Crippen molar-refractivity contribution in [3.05, 3.63) is 70.2 Å². The molecule has 1 aromatic heterocycles. The van der Waals surface area contributed by atoms with Crippen LogP contribution in [0, 0.1) is 10.1 Å². The molecule has 0 radical (unpaired) electrons. The summed E-state index contributed by atoms with van der Waals surface area (Å²) in [6, 6.07) is 11.7. The molecule has 2 rings (SSSR count). The molecule has 4 heteroatoms. The Bertz CT molecular complexity index is 450. The number of rotatable bonds is 4. The molecule has 0 aliphatic carbocycles. The summed E-state index contributed by atoms with van der Waals surface area (Å²) in [6.07, 6.45) is 1.81. The Morgan fingerprint density at radius 1 is 1.19 bits per heavy atom. The lowest BCUT2D eigenvalue weighted by molar-refractivity contribution is -0.529. The number of hydrogen-bond acceptors (Lipinski definition) is 3. The quantitative estimate of drug-likeness (QED) is 0.584. The fourth-order valence-corrected chi connectivity index (χ4v) is 1.61. The van der Waals surface area contributed by atoms with Gasteiger partial charge in [0.15, 0.2) is 0 Å². The van der Waals surface area contributed by atoms with Crippen molar-refractivity contribution in [2.75, 3.05) is 0 Å². The number of hydrogen-bond donors (Lipinski definition) is 0. The van der Waals surface area contributed by atoms with Crippen molar-refractivity contribution < 1.29 is 9.34 Å². The first kappa shape index (κ1) is 10.4. The average Bonchev–Trinajstić information content (AvgIpc) is 2.79. The molecule has 0 N–H and O–H groups in total. The van der Waals surface area contributed by atoms with Crippen LogP contribution in [0.3, 0.4) is 0 Å². The van der Waals surface area contributed by atoms with Crippen LogP contribution in [-0.2, 0) is 6.42 Å². The third-order valence-corrected chi connectivity index (χ3v) is 2.41. The molecule has 0 amide bonds. The molecule has 0 saturated carbocycles. The smallest absolute Gasteiger partial charge is 0.245 e. The number of nitro groups is 1. The van der Waals surface area contributed by atoms with E-state index in [1.807, 2.05) is 6.07 Å². The van der Waals surface area contributed by atoms with E-state index < -0.39 is 6.04 Å². The molecule has 4 nitrogen and oxygen atoms in total. The highest BCUT2D eigenvalue weighted by Gasteiger charge is 2.23. The maximum absolute atomic E-state index is 11.0. The molecule has 0 fully saturated rings. The second-order valence-electron chi connectivity index (χ2n) is 3.50. The van der Waals surface area contributed by atoms with Crippen molar-refractivity contribution in [2.24, 2.45) is 0 Å². The maximum atomic E-state index is 11.0. The van der Waals surface area contributed by atoms with Crippen molar-refractivity contribution in [3.8, 4) is 0 Å². The van der Waals surface area contributed by atoms with Crippen molar-refractivity contribution in [2.45, 2.75) is 12.5 Å². The van der Waals surface area contributed by atoms with Gasteiger partial charge in [-0.25, -0.2) is 0 Å². The summed E-state index contributed by atoms with van der Waals surface area (Å²) in [7, 11) is 0. The molecular formula is C12H11NO3. The summed E-state index contributed by atoms with van der Waals surface area (Å²) < 4.78 is 5.13. The third-order valence-electron chi connectivity index (χ3n) is 2.41. The molecule has 0 bridgehead atoms. The maximum Gasteiger partial charge on any atom is 0.245 e. The van der Waals surface area contributed by atoms with Crippen LogP contribution in [0.15, 0.2) is 53.1 Å². The van der Waals surface area contributed by atoms with Gasteiger partial charge in [0.1, 0.15) is 5.76 Å². The van der Waals surface area contributed by atoms with E-state index in [0.717, 1.165) is 0 Å². The minimum Gasteiger partial charge on any atom is -0.469 e. The summed E-state index contributed by atoms with van der Waals surface area (Å²) in [5.41, 5.74) is 0.698. The van der Waals surface area contributed by atoms with Gasteiger partial charge in [0, 0.05) is 10.5 Å². The van der Waals surface area contributed by atoms with Gasteiger partial charge in [0.2, 0.25) is 6.04 Å².